The number of carbonyl (C=O) groups is 1. The van der Waals surface area contributed by atoms with Crippen molar-refractivity contribution >= 4 is 33.2 Å². The van der Waals surface area contributed by atoms with E-state index < -0.39 is 12.1 Å². The number of thiazole rings is 1. The number of carboxylic acid groups (broad SMARTS) is 1. The van der Waals surface area contributed by atoms with Crippen LogP contribution in [0.25, 0.3) is 10.2 Å². The molecule has 9 heteroatoms. The molecule has 186 valence electrons. The molecule has 0 radical (unpaired) electrons. The predicted octanol–water partition coefficient (Wildman–Crippen LogP) is 3.45. The number of oxime groups is 1. The Kier molecular flexibility index (Phi) is 8.02. The molecule has 0 saturated carbocycles. The third kappa shape index (κ3) is 5.75. The first-order valence-electron chi connectivity index (χ1n) is 11.4. The summed E-state index contributed by atoms with van der Waals surface area (Å²) in [6, 6.07) is 22.2. The highest BCUT2D eigenvalue weighted by Crippen LogP contribution is 2.23. The van der Waals surface area contributed by atoms with Crippen molar-refractivity contribution in [3.05, 3.63) is 93.6 Å². The maximum Gasteiger partial charge on any atom is 0.308 e. The lowest BCUT2D eigenvalue weighted by molar-refractivity contribution is -0.313. The number of benzene rings is 3. The minimum atomic E-state index is -1.25. The Bertz CT molecular complexity index is 1410. The van der Waals surface area contributed by atoms with E-state index in [1.165, 1.54) is 18.4 Å². The van der Waals surface area contributed by atoms with Gasteiger partial charge < -0.3 is 24.2 Å². The zero-order valence-corrected chi connectivity index (χ0v) is 20.7. The lowest BCUT2D eigenvalue weighted by atomic mass is 10.0. The van der Waals surface area contributed by atoms with Crippen molar-refractivity contribution in [2.75, 3.05) is 13.7 Å². The normalized spacial score (nSPS) is 12.3. The summed E-state index contributed by atoms with van der Waals surface area (Å²) in [5, 5.41) is 15.2. The second-order valence-corrected chi connectivity index (χ2v) is 8.84. The summed E-state index contributed by atoms with van der Waals surface area (Å²) < 4.78 is 13.7. The Morgan fingerprint density at radius 2 is 1.75 bits per heavy atom. The number of hydrogen-bond donors (Lipinski definition) is 0. The van der Waals surface area contributed by atoms with E-state index >= 15 is 0 Å². The molecule has 1 aromatic heterocycles. The summed E-state index contributed by atoms with van der Waals surface area (Å²) in [6.07, 6.45) is -0.696. The number of carbonyl (C=O) groups excluding carboxylic acids is 1. The van der Waals surface area contributed by atoms with Gasteiger partial charge in [0.1, 0.15) is 37.0 Å². The molecular weight excluding hydrogens is 480 g/mol. The first kappa shape index (κ1) is 25.0. The van der Waals surface area contributed by atoms with Crippen LogP contribution in [0.4, 0.5) is 0 Å². The van der Waals surface area contributed by atoms with Gasteiger partial charge in [-0.2, -0.15) is 0 Å². The quantitative estimate of drug-likeness (QED) is 0.229. The van der Waals surface area contributed by atoms with Gasteiger partial charge in [0.25, 0.3) is 0 Å². The van der Waals surface area contributed by atoms with Gasteiger partial charge in [0, 0.05) is 11.1 Å². The number of fused-ring (bicyclic) bond motifs is 1. The van der Waals surface area contributed by atoms with Gasteiger partial charge >= 0.3 is 4.87 Å². The zero-order valence-electron chi connectivity index (χ0n) is 19.9. The van der Waals surface area contributed by atoms with Gasteiger partial charge in [0.2, 0.25) is 0 Å². The molecule has 36 heavy (non-hydrogen) atoms. The van der Waals surface area contributed by atoms with E-state index in [0.29, 0.717) is 30.2 Å². The molecule has 1 atom stereocenters. The first-order chi connectivity index (χ1) is 17.5. The molecule has 0 N–H and O–H groups in total. The SMILES string of the molecule is CCC(Oc1ccc(OCCn2c(=O)sc3cc(/C(=N/OC)c4ccccc4)ccc32)cc1)C(=O)[O-]. The lowest BCUT2D eigenvalue weighted by Gasteiger charge is -2.18. The number of aliphatic carboxylic acids is 1. The van der Waals surface area contributed by atoms with E-state index in [0.717, 1.165) is 21.3 Å². The molecule has 8 nitrogen and oxygen atoms in total. The van der Waals surface area contributed by atoms with Crippen molar-refractivity contribution in [1.82, 2.24) is 4.57 Å². The fourth-order valence-electron chi connectivity index (χ4n) is 3.72. The monoisotopic (exact) mass is 505 g/mol. The number of aromatic nitrogens is 1. The summed E-state index contributed by atoms with van der Waals surface area (Å²) in [5.74, 6) is -0.246. The molecule has 0 saturated heterocycles. The van der Waals surface area contributed by atoms with E-state index in [1.807, 2.05) is 48.5 Å². The second-order valence-electron chi connectivity index (χ2n) is 7.84. The standard InChI is InChI=1S/C27H26N2O6S/c1-3-23(26(30)31)35-21-12-10-20(11-13-21)34-16-15-29-22-14-9-19(17-24(22)36-27(29)32)25(28-33-2)18-7-5-4-6-8-18/h4-14,17,23H,3,15-16H2,1-2H3,(H,30,31)/p-1/b28-25+. The molecule has 0 aliphatic carbocycles. The van der Waals surface area contributed by atoms with Crippen molar-refractivity contribution in [1.29, 1.82) is 0 Å². The van der Waals surface area contributed by atoms with E-state index in [9.17, 15) is 14.7 Å². The predicted molar refractivity (Wildman–Crippen MR) is 137 cm³/mol. The number of hydrogen-bond acceptors (Lipinski definition) is 8. The van der Waals surface area contributed by atoms with Crippen molar-refractivity contribution in [2.24, 2.45) is 5.16 Å². The molecule has 0 aliphatic rings. The molecule has 0 amide bonds. The van der Waals surface area contributed by atoms with Crippen LogP contribution in [-0.4, -0.2) is 36.1 Å². The van der Waals surface area contributed by atoms with E-state index in [1.54, 1.807) is 35.8 Å². The van der Waals surface area contributed by atoms with Crippen LogP contribution in [0.3, 0.4) is 0 Å². The van der Waals surface area contributed by atoms with Gasteiger partial charge in [-0.1, -0.05) is 59.8 Å². The minimum Gasteiger partial charge on any atom is -0.546 e. The Morgan fingerprint density at radius 3 is 2.42 bits per heavy atom. The van der Waals surface area contributed by atoms with Gasteiger partial charge in [-0.25, -0.2) is 0 Å². The van der Waals surface area contributed by atoms with Crippen molar-refractivity contribution in [3.63, 3.8) is 0 Å². The smallest absolute Gasteiger partial charge is 0.308 e. The zero-order chi connectivity index (χ0) is 25.5. The van der Waals surface area contributed by atoms with E-state index in [4.69, 9.17) is 14.3 Å². The fraction of sp³-hybridized carbons (Fsp3) is 0.222. The Labute approximate surface area is 212 Å². The topological polar surface area (TPSA) is 102 Å². The average Bonchev–Trinajstić information content (AvgIpc) is 3.21. The summed E-state index contributed by atoms with van der Waals surface area (Å²) in [6.45, 7) is 2.37. The van der Waals surface area contributed by atoms with E-state index in [-0.39, 0.29) is 11.5 Å². The van der Waals surface area contributed by atoms with Crippen LogP contribution in [0.1, 0.15) is 24.5 Å². The molecule has 0 bridgehead atoms. The maximum absolute atomic E-state index is 12.7. The molecular formula is C27H25N2O6S-. The fourth-order valence-corrected chi connectivity index (χ4v) is 4.67. The number of nitrogens with zero attached hydrogens (tertiary/aromatic N) is 2. The van der Waals surface area contributed by atoms with Gasteiger partial charge in [0.15, 0.2) is 0 Å². The molecule has 1 heterocycles. The van der Waals surface area contributed by atoms with Crippen LogP contribution >= 0.6 is 11.3 Å². The van der Waals surface area contributed by atoms with Crippen LogP contribution in [0, 0.1) is 0 Å². The lowest BCUT2D eigenvalue weighted by Crippen LogP contribution is -2.39. The van der Waals surface area contributed by atoms with Gasteiger partial charge in [-0.15, -0.1) is 0 Å². The molecule has 0 aliphatic heterocycles. The van der Waals surface area contributed by atoms with Gasteiger partial charge in [0.05, 0.1) is 22.7 Å². The van der Waals surface area contributed by atoms with Crippen LogP contribution in [0.15, 0.2) is 82.7 Å². The number of ether oxygens (including phenoxy) is 2. The first-order valence-corrected chi connectivity index (χ1v) is 12.2. The number of carboxylic acids is 1. The van der Waals surface area contributed by atoms with Crippen LogP contribution in [0.5, 0.6) is 11.5 Å². The third-order valence-electron chi connectivity index (χ3n) is 5.49. The molecule has 0 fully saturated rings. The molecule has 0 spiro atoms. The Hall–Kier alpha value is -4.11. The highest BCUT2D eigenvalue weighted by molar-refractivity contribution is 7.16. The summed E-state index contributed by atoms with van der Waals surface area (Å²) in [7, 11) is 1.51. The average molecular weight is 506 g/mol. The highest BCUT2D eigenvalue weighted by atomic mass is 32.1. The van der Waals surface area contributed by atoms with Gasteiger partial charge in [-0.3, -0.25) is 9.36 Å². The minimum absolute atomic E-state index is 0.0765. The third-order valence-corrected chi connectivity index (χ3v) is 6.43. The Balaban J connectivity index is 1.45. The summed E-state index contributed by atoms with van der Waals surface area (Å²) >= 11 is 1.17. The molecule has 1 unspecified atom stereocenters. The van der Waals surface area contributed by atoms with Crippen LogP contribution < -0.4 is 19.5 Å². The highest BCUT2D eigenvalue weighted by Gasteiger charge is 2.13. The molecule has 4 aromatic rings. The van der Waals surface area contributed by atoms with Crippen LogP contribution in [-0.2, 0) is 16.2 Å². The van der Waals surface area contributed by atoms with Crippen molar-refractivity contribution < 1.29 is 24.2 Å². The van der Waals surface area contributed by atoms with Crippen molar-refractivity contribution in [3.8, 4) is 11.5 Å². The second kappa shape index (κ2) is 11.5. The van der Waals surface area contributed by atoms with Crippen LogP contribution in [0.2, 0.25) is 0 Å². The molecule has 4 rings (SSSR count). The largest absolute Gasteiger partial charge is 0.546 e. The van der Waals surface area contributed by atoms with Gasteiger partial charge in [-0.05, 0) is 42.8 Å². The van der Waals surface area contributed by atoms with Crippen molar-refractivity contribution in [2.45, 2.75) is 26.0 Å². The Morgan fingerprint density at radius 1 is 1.03 bits per heavy atom. The molecule has 3 aromatic carbocycles. The number of rotatable bonds is 11. The summed E-state index contributed by atoms with van der Waals surface area (Å²) in [4.78, 5) is 28.7. The van der Waals surface area contributed by atoms with E-state index in [2.05, 4.69) is 5.16 Å². The maximum atomic E-state index is 12.7. The summed E-state index contributed by atoms with van der Waals surface area (Å²) in [5.41, 5.74) is 3.28.